The Balaban J connectivity index is 1.23. The topological polar surface area (TPSA) is 48.9 Å². The Morgan fingerprint density at radius 3 is 2.73 bits per heavy atom. The van der Waals surface area contributed by atoms with Crippen molar-refractivity contribution in [2.75, 3.05) is 46.4 Å². The van der Waals surface area contributed by atoms with E-state index in [1.165, 1.54) is 0 Å². The SMILES string of the molecule is Cc1nc(C2=CN(C)C(C(=O)N3CCN(CCOc4ccccc4Cl)CC3)C2)cs1. The van der Waals surface area contributed by atoms with Crippen LogP contribution in [0.25, 0.3) is 5.57 Å². The van der Waals surface area contributed by atoms with Crippen LogP contribution in [0.2, 0.25) is 5.02 Å². The number of para-hydroxylation sites is 1. The first-order valence-electron chi connectivity index (χ1n) is 10.2. The molecule has 0 radical (unpaired) electrons. The second kappa shape index (κ2) is 9.37. The predicted molar refractivity (Wildman–Crippen MR) is 121 cm³/mol. The van der Waals surface area contributed by atoms with Gasteiger partial charge in [-0.05, 0) is 24.6 Å². The molecule has 0 spiro atoms. The summed E-state index contributed by atoms with van der Waals surface area (Å²) >= 11 is 7.78. The first kappa shape index (κ1) is 21.2. The molecule has 2 aromatic rings. The molecule has 1 saturated heterocycles. The van der Waals surface area contributed by atoms with Crippen molar-refractivity contribution < 1.29 is 9.53 Å². The van der Waals surface area contributed by atoms with E-state index >= 15 is 0 Å². The number of amides is 1. The zero-order chi connectivity index (χ0) is 21.1. The molecule has 30 heavy (non-hydrogen) atoms. The van der Waals surface area contributed by atoms with Crippen LogP contribution in [0.5, 0.6) is 5.75 Å². The maximum atomic E-state index is 13.1. The molecule has 1 amide bonds. The van der Waals surface area contributed by atoms with Crippen LogP contribution in [0.1, 0.15) is 17.1 Å². The van der Waals surface area contributed by atoms with E-state index < -0.39 is 0 Å². The summed E-state index contributed by atoms with van der Waals surface area (Å²) in [5, 5.41) is 3.76. The van der Waals surface area contributed by atoms with Crippen molar-refractivity contribution in [3.63, 3.8) is 0 Å². The minimum Gasteiger partial charge on any atom is -0.491 e. The zero-order valence-corrected chi connectivity index (χ0v) is 19.0. The number of aromatic nitrogens is 1. The van der Waals surface area contributed by atoms with Gasteiger partial charge in [0.1, 0.15) is 18.4 Å². The number of carbonyl (C=O) groups is 1. The van der Waals surface area contributed by atoms with Gasteiger partial charge in [-0.3, -0.25) is 9.69 Å². The molecule has 1 fully saturated rings. The van der Waals surface area contributed by atoms with Gasteiger partial charge in [0.2, 0.25) is 5.91 Å². The molecule has 0 N–H and O–H groups in total. The Morgan fingerprint density at radius 1 is 1.27 bits per heavy atom. The van der Waals surface area contributed by atoms with Gasteiger partial charge in [0.25, 0.3) is 0 Å². The quantitative estimate of drug-likeness (QED) is 0.680. The van der Waals surface area contributed by atoms with Gasteiger partial charge in [0, 0.05) is 57.8 Å². The highest BCUT2D eigenvalue weighted by Crippen LogP contribution is 2.30. The molecule has 1 aromatic heterocycles. The summed E-state index contributed by atoms with van der Waals surface area (Å²) in [5.74, 6) is 0.929. The van der Waals surface area contributed by atoms with E-state index in [0.717, 1.165) is 61.2 Å². The minimum absolute atomic E-state index is 0.128. The Labute approximate surface area is 186 Å². The molecule has 3 heterocycles. The fourth-order valence-electron chi connectivity index (χ4n) is 3.93. The number of rotatable bonds is 6. The molecule has 1 unspecified atom stereocenters. The average molecular weight is 447 g/mol. The van der Waals surface area contributed by atoms with Crippen LogP contribution in [0.15, 0.2) is 35.8 Å². The molecule has 0 aliphatic carbocycles. The molecule has 2 aliphatic heterocycles. The predicted octanol–water partition coefficient (Wildman–Crippen LogP) is 3.37. The third-order valence-electron chi connectivity index (χ3n) is 5.68. The molecule has 1 aromatic carbocycles. The van der Waals surface area contributed by atoms with Gasteiger partial charge in [-0.15, -0.1) is 11.3 Å². The van der Waals surface area contributed by atoms with Crippen molar-refractivity contribution in [3.05, 3.63) is 51.6 Å². The molecule has 0 saturated carbocycles. The standard InChI is InChI=1S/C22H27ClN4O2S/c1-16-24-19(15-30-16)17-13-20(25(2)14-17)22(28)27-9-7-26(8-10-27)11-12-29-21-6-4-3-5-18(21)23/h3-6,14-15,20H,7-13H2,1-2H3. The highest BCUT2D eigenvalue weighted by molar-refractivity contribution is 7.09. The lowest BCUT2D eigenvalue weighted by Gasteiger charge is -2.37. The summed E-state index contributed by atoms with van der Waals surface area (Å²) in [7, 11) is 1.98. The van der Waals surface area contributed by atoms with Gasteiger partial charge in [0.15, 0.2) is 0 Å². The van der Waals surface area contributed by atoms with E-state index in [1.807, 2.05) is 48.0 Å². The van der Waals surface area contributed by atoms with Crippen molar-refractivity contribution in [2.45, 2.75) is 19.4 Å². The van der Waals surface area contributed by atoms with Crippen LogP contribution in [-0.4, -0.2) is 78.0 Å². The maximum absolute atomic E-state index is 13.1. The molecular formula is C22H27ClN4O2S. The lowest BCUT2D eigenvalue weighted by molar-refractivity contribution is -0.137. The van der Waals surface area contributed by atoms with Crippen LogP contribution in [0.3, 0.4) is 0 Å². The number of piperazine rings is 1. The highest BCUT2D eigenvalue weighted by Gasteiger charge is 2.34. The number of nitrogens with zero attached hydrogens (tertiary/aromatic N) is 4. The van der Waals surface area contributed by atoms with Gasteiger partial charge in [-0.2, -0.15) is 0 Å². The van der Waals surface area contributed by atoms with E-state index in [9.17, 15) is 4.79 Å². The Morgan fingerprint density at radius 2 is 2.03 bits per heavy atom. The lowest BCUT2D eigenvalue weighted by atomic mass is 10.1. The second-order valence-electron chi connectivity index (χ2n) is 7.74. The fourth-order valence-corrected chi connectivity index (χ4v) is 4.76. The van der Waals surface area contributed by atoms with Crippen molar-refractivity contribution in [1.29, 1.82) is 0 Å². The van der Waals surface area contributed by atoms with Crippen molar-refractivity contribution in [3.8, 4) is 5.75 Å². The third-order valence-corrected chi connectivity index (χ3v) is 6.77. The molecule has 2 aliphatic rings. The summed E-state index contributed by atoms with van der Waals surface area (Å²) in [6.07, 6.45) is 2.80. The number of thiazole rings is 1. The van der Waals surface area contributed by atoms with Crippen molar-refractivity contribution in [1.82, 2.24) is 19.7 Å². The fraction of sp³-hybridized carbons (Fsp3) is 0.455. The summed E-state index contributed by atoms with van der Waals surface area (Å²) in [6, 6.07) is 7.39. The zero-order valence-electron chi connectivity index (χ0n) is 17.4. The third kappa shape index (κ3) is 4.79. The number of hydrogen-bond donors (Lipinski definition) is 0. The first-order chi connectivity index (χ1) is 14.5. The Bertz CT molecular complexity index is 923. The number of ether oxygens (including phenoxy) is 1. The number of likely N-dealkylation sites (N-methyl/N-ethyl adjacent to an activating group) is 1. The molecule has 160 valence electrons. The van der Waals surface area contributed by atoms with E-state index in [1.54, 1.807) is 11.3 Å². The number of halogens is 1. The van der Waals surface area contributed by atoms with Gasteiger partial charge >= 0.3 is 0 Å². The molecule has 8 heteroatoms. The smallest absolute Gasteiger partial charge is 0.245 e. The molecule has 6 nitrogen and oxygen atoms in total. The first-order valence-corrected chi connectivity index (χ1v) is 11.5. The van der Waals surface area contributed by atoms with Crippen molar-refractivity contribution in [2.24, 2.45) is 0 Å². The summed E-state index contributed by atoms with van der Waals surface area (Å²) in [6.45, 7) is 6.64. The lowest BCUT2D eigenvalue weighted by Crippen LogP contribution is -2.53. The Kier molecular flexibility index (Phi) is 6.61. The van der Waals surface area contributed by atoms with E-state index in [2.05, 4.69) is 21.5 Å². The van der Waals surface area contributed by atoms with Gasteiger partial charge in [0.05, 0.1) is 15.7 Å². The summed E-state index contributed by atoms with van der Waals surface area (Å²) in [4.78, 5) is 24.0. The number of carbonyl (C=O) groups excluding carboxylic acids is 1. The maximum Gasteiger partial charge on any atom is 0.245 e. The summed E-state index contributed by atoms with van der Waals surface area (Å²) in [5.41, 5.74) is 2.15. The summed E-state index contributed by atoms with van der Waals surface area (Å²) < 4.78 is 5.79. The van der Waals surface area contributed by atoms with Crippen LogP contribution in [-0.2, 0) is 4.79 Å². The Hall–Kier alpha value is -2.09. The second-order valence-corrected chi connectivity index (χ2v) is 9.21. The average Bonchev–Trinajstić information content (AvgIpc) is 3.35. The van der Waals surface area contributed by atoms with Gasteiger partial charge in [-0.25, -0.2) is 4.98 Å². The van der Waals surface area contributed by atoms with Crippen LogP contribution in [0.4, 0.5) is 0 Å². The van der Waals surface area contributed by atoms with E-state index in [-0.39, 0.29) is 11.9 Å². The van der Waals surface area contributed by atoms with Crippen LogP contribution in [0, 0.1) is 6.92 Å². The minimum atomic E-state index is -0.128. The van der Waals surface area contributed by atoms with Gasteiger partial charge in [-0.1, -0.05) is 23.7 Å². The van der Waals surface area contributed by atoms with Gasteiger partial charge < -0.3 is 14.5 Å². The van der Waals surface area contributed by atoms with E-state index in [0.29, 0.717) is 11.6 Å². The number of aryl methyl sites for hydroxylation is 1. The normalized spacial score (nSPS) is 19.8. The molecule has 4 rings (SSSR count). The number of hydrogen-bond acceptors (Lipinski definition) is 6. The van der Waals surface area contributed by atoms with Crippen LogP contribution < -0.4 is 4.74 Å². The monoisotopic (exact) mass is 446 g/mol. The number of benzene rings is 1. The van der Waals surface area contributed by atoms with E-state index in [4.69, 9.17) is 16.3 Å². The van der Waals surface area contributed by atoms with Crippen molar-refractivity contribution >= 4 is 34.4 Å². The molecule has 0 bridgehead atoms. The van der Waals surface area contributed by atoms with Crippen LogP contribution >= 0.6 is 22.9 Å². The molecule has 1 atom stereocenters. The largest absolute Gasteiger partial charge is 0.491 e. The molecular weight excluding hydrogens is 420 g/mol. The highest BCUT2D eigenvalue weighted by atomic mass is 35.5.